The molecule has 3 heteroatoms. The van der Waals surface area contributed by atoms with Crippen LogP contribution < -0.4 is 5.73 Å². The first-order chi connectivity index (χ1) is 3.77. The number of carbonyl (C=O) groups excluding carboxylic acids is 1. The third-order valence-corrected chi connectivity index (χ3v) is 0.553. The summed E-state index contributed by atoms with van der Waals surface area (Å²) in [4.78, 5) is 9.59. The van der Waals surface area contributed by atoms with Gasteiger partial charge in [0.1, 0.15) is 0 Å². The molecule has 0 aromatic rings. The van der Waals surface area contributed by atoms with E-state index in [4.69, 9.17) is 0 Å². The van der Waals surface area contributed by atoms with Gasteiger partial charge in [0.05, 0.1) is 13.2 Å². The number of hydrogen-bond donors (Lipinski definition) is 1. The summed E-state index contributed by atoms with van der Waals surface area (Å²) in [6.45, 7) is 3.72. The van der Waals surface area contributed by atoms with E-state index in [9.17, 15) is 4.79 Å². The van der Waals surface area contributed by atoms with Gasteiger partial charge in [-0.25, -0.2) is 0 Å². The number of rotatable bonds is 1. The van der Waals surface area contributed by atoms with Crippen molar-refractivity contribution in [1.82, 2.24) is 0 Å². The van der Waals surface area contributed by atoms with Gasteiger partial charge in [0, 0.05) is 6.42 Å². The Hall–Kier alpha value is -0.570. The zero-order valence-corrected chi connectivity index (χ0v) is 5.02. The Kier molecular flexibility index (Phi) is 4.26. The molecule has 0 saturated carbocycles. The molecule has 3 nitrogen and oxygen atoms in total. The molecule has 1 amide bonds. The Morgan fingerprint density at radius 3 is 2.00 bits per heavy atom. The topological polar surface area (TPSA) is 55.6 Å². The first-order valence-electron chi connectivity index (χ1n) is 2.63. The molecule has 1 heterocycles. The Morgan fingerprint density at radius 1 is 1.75 bits per heavy atom. The van der Waals surface area contributed by atoms with Gasteiger partial charge < -0.3 is 10.5 Å². The van der Waals surface area contributed by atoms with Gasteiger partial charge >= 0.3 is 0 Å². The molecule has 0 aliphatic carbocycles. The standard InChI is InChI=1S/C3H7NO.C2H4O/c1-2-3(4)5;1-2-3-1/h2H2,1H3,(H2,4,5);1-2H2. The van der Waals surface area contributed by atoms with Crippen molar-refractivity contribution in [2.45, 2.75) is 13.3 Å². The summed E-state index contributed by atoms with van der Waals surface area (Å²) < 4.78 is 4.50. The largest absolute Gasteiger partial charge is 0.377 e. The average molecular weight is 117 g/mol. The van der Waals surface area contributed by atoms with Gasteiger partial charge in [0.2, 0.25) is 5.91 Å². The third-order valence-electron chi connectivity index (χ3n) is 0.553. The second kappa shape index (κ2) is 4.59. The molecule has 2 N–H and O–H groups in total. The number of carbonyl (C=O) groups is 1. The maximum absolute atomic E-state index is 9.59. The zero-order valence-electron chi connectivity index (χ0n) is 5.02. The van der Waals surface area contributed by atoms with Crippen LogP contribution in [0.3, 0.4) is 0 Å². The molecule has 0 aromatic carbocycles. The molecule has 1 saturated heterocycles. The van der Waals surface area contributed by atoms with Crippen LogP contribution >= 0.6 is 0 Å². The van der Waals surface area contributed by atoms with Gasteiger partial charge in [-0.3, -0.25) is 4.79 Å². The first-order valence-corrected chi connectivity index (χ1v) is 2.63. The average Bonchev–Trinajstić information content (AvgIpc) is 2.48. The van der Waals surface area contributed by atoms with E-state index in [0.29, 0.717) is 6.42 Å². The van der Waals surface area contributed by atoms with E-state index >= 15 is 0 Å². The van der Waals surface area contributed by atoms with Crippen molar-refractivity contribution in [1.29, 1.82) is 0 Å². The van der Waals surface area contributed by atoms with Crippen LogP contribution in [0.2, 0.25) is 0 Å². The highest BCUT2D eigenvalue weighted by atomic mass is 16.6. The van der Waals surface area contributed by atoms with Crippen molar-refractivity contribution < 1.29 is 9.53 Å². The van der Waals surface area contributed by atoms with E-state index in [2.05, 4.69) is 10.5 Å². The van der Waals surface area contributed by atoms with Crippen LogP contribution in [0.5, 0.6) is 0 Å². The highest BCUT2D eigenvalue weighted by Gasteiger charge is 1.94. The Bertz CT molecular complexity index is 68.1. The Morgan fingerprint density at radius 2 is 2.00 bits per heavy atom. The third kappa shape index (κ3) is 18.0. The number of ether oxygens (including phenoxy) is 1. The van der Waals surface area contributed by atoms with Crippen molar-refractivity contribution in [3.63, 3.8) is 0 Å². The van der Waals surface area contributed by atoms with E-state index in [-0.39, 0.29) is 5.91 Å². The fourth-order valence-corrected chi connectivity index (χ4v) is 0. The van der Waals surface area contributed by atoms with Crippen LogP contribution in [0.25, 0.3) is 0 Å². The van der Waals surface area contributed by atoms with Gasteiger partial charge in [-0.15, -0.1) is 0 Å². The number of primary amides is 1. The molecule has 1 rings (SSSR count). The van der Waals surface area contributed by atoms with E-state index in [1.807, 2.05) is 0 Å². The maximum atomic E-state index is 9.59. The number of amides is 1. The molecule has 0 spiro atoms. The summed E-state index contributed by atoms with van der Waals surface area (Å²) in [6, 6.07) is 0. The van der Waals surface area contributed by atoms with E-state index in [1.165, 1.54) is 0 Å². The summed E-state index contributed by atoms with van der Waals surface area (Å²) in [5.41, 5.74) is 4.65. The Labute approximate surface area is 48.8 Å². The van der Waals surface area contributed by atoms with Crippen LogP contribution in [0.15, 0.2) is 0 Å². The lowest BCUT2D eigenvalue weighted by Crippen LogP contribution is -2.06. The molecule has 48 valence electrons. The molecule has 0 unspecified atom stereocenters. The number of nitrogens with two attached hydrogens (primary N) is 1. The molecule has 0 atom stereocenters. The van der Waals surface area contributed by atoms with Gasteiger partial charge in [-0.1, -0.05) is 6.92 Å². The highest BCUT2D eigenvalue weighted by molar-refractivity contribution is 5.73. The van der Waals surface area contributed by atoms with Crippen LogP contribution in [-0.4, -0.2) is 19.1 Å². The van der Waals surface area contributed by atoms with Crippen LogP contribution in [0.4, 0.5) is 0 Å². The van der Waals surface area contributed by atoms with E-state index in [0.717, 1.165) is 13.2 Å². The van der Waals surface area contributed by atoms with E-state index in [1.54, 1.807) is 6.92 Å². The summed E-state index contributed by atoms with van der Waals surface area (Å²) in [5.74, 6) is -0.245. The predicted molar refractivity (Wildman–Crippen MR) is 30.3 cm³/mol. The van der Waals surface area contributed by atoms with Crippen molar-refractivity contribution in [3.05, 3.63) is 0 Å². The molecule has 1 aliphatic rings. The predicted octanol–water partition coefficient (Wildman–Crippen LogP) is -0.102. The van der Waals surface area contributed by atoms with Crippen LogP contribution in [0, 0.1) is 0 Å². The summed E-state index contributed by atoms with van der Waals surface area (Å²) in [5, 5.41) is 0. The van der Waals surface area contributed by atoms with Crippen LogP contribution in [-0.2, 0) is 9.53 Å². The minimum atomic E-state index is -0.245. The summed E-state index contributed by atoms with van der Waals surface area (Å²) in [6.07, 6.45) is 0.444. The molecular weight excluding hydrogens is 106 g/mol. The summed E-state index contributed by atoms with van der Waals surface area (Å²) in [7, 11) is 0. The molecule has 8 heavy (non-hydrogen) atoms. The molecule has 0 aromatic heterocycles. The van der Waals surface area contributed by atoms with Gasteiger partial charge in [-0.2, -0.15) is 0 Å². The number of hydrogen-bond acceptors (Lipinski definition) is 2. The minimum absolute atomic E-state index is 0.245. The molecule has 1 aliphatic heterocycles. The second-order valence-electron chi connectivity index (χ2n) is 1.43. The fourth-order valence-electron chi connectivity index (χ4n) is 0. The van der Waals surface area contributed by atoms with Gasteiger partial charge in [0.25, 0.3) is 0 Å². The van der Waals surface area contributed by atoms with Crippen LogP contribution in [0.1, 0.15) is 13.3 Å². The lowest BCUT2D eigenvalue weighted by molar-refractivity contribution is -0.117. The Balaban J connectivity index is 0.000000135. The molecule has 0 radical (unpaired) electrons. The van der Waals surface area contributed by atoms with Gasteiger partial charge in [-0.05, 0) is 0 Å². The van der Waals surface area contributed by atoms with E-state index < -0.39 is 0 Å². The zero-order chi connectivity index (χ0) is 6.41. The summed E-state index contributed by atoms with van der Waals surface area (Å²) >= 11 is 0. The lowest BCUT2D eigenvalue weighted by atomic mass is 10.5. The normalized spacial score (nSPS) is 13.6. The van der Waals surface area contributed by atoms with Gasteiger partial charge in [0.15, 0.2) is 0 Å². The fraction of sp³-hybridized carbons (Fsp3) is 0.800. The molecule has 1 fully saturated rings. The monoisotopic (exact) mass is 117 g/mol. The van der Waals surface area contributed by atoms with Crippen molar-refractivity contribution in [2.75, 3.05) is 13.2 Å². The maximum Gasteiger partial charge on any atom is 0.217 e. The first kappa shape index (κ1) is 7.43. The van der Waals surface area contributed by atoms with Crippen molar-refractivity contribution in [3.8, 4) is 0 Å². The second-order valence-corrected chi connectivity index (χ2v) is 1.43. The SMILES string of the molecule is C1CO1.CCC(N)=O. The van der Waals surface area contributed by atoms with Crippen molar-refractivity contribution in [2.24, 2.45) is 5.73 Å². The number of epoxide rings is 1. The molecular formula is C5H11NO2. The minimum Gasteiger partial charge on any atom is -0.377 e. The lowest BCUT2D eigenvalue weighted by Gasteiger charge is -1.73. The quantitative estimate of drug-likeness (QED) is 0.487. The smallest absolute Gasteiger partial charge is 0.217 e. The highest BCUT2D eigenvalue weighted by Crippen LogP contribution is 1.84. The molecule has 0 bridgehead atoms. The van der Waals surface area contributed by atoms with Crippen molar-refractivity contribution >= 4 is 5.91 Å².